The molecule has 0 saturated heterocycles. The van der Waals surface area contributed by atoms with Gasteiger partial charge in [0.1, 0.15) is 6.33 Å². The molecule has 3 rings (SSSR count). The summed E-state index contributed by atoms with van der Waals surface area (Å²) in [6, 6.07) is 9.12. The van der Waals surface area contributed by atoms with Crippen LogP contribution in [0.5, 0.6) is 5.88 Å². The van der Waals surface area contributed by atoms with Gasteiger partial charge in [0.05, 0.1) is 20.0 Å². The molecule has 0 aliphatic rings. The molecule has 0 unspecified atom stereocenters. The van der Waals surface area contributed by atoms with Crippen molar-refractivity contribution in [3.05, 3.63) is 48.5 Å². The van der Waals surface area contributed by atoms with Crippen LogP contribution in [0.25, 0.3) is 11.2 Å². The normalized spacial score (nSPS) is 10.1. The lowest BCUT2D eigenvalue weighted by atomic mass is 10.1. The zero-order chi connectivity index (χ0) is 13.9. The molecule has 0 bridgehead atoms. The van der Waals surface area contributed by atoms with Crippen molar-refractivity contribution in [1.29, 1.82) is 0 Å². The maximum Gasteiger partial charge on any atom is 0.243 e. The fourth-order valence-electron chi connectivity index (χ4n) is 2.02. The number of Topliss-reactive ketones (excluding diaryl/α,β-unsaturated/α-hetero) is 1. The van der Waals surface area contributed by atoms with Crippen molar-refractivity contribution in [2.45, 2.75) is 6.54 Å². The molecule has 0 aliphatic carbocycles. The third kappa shape index (κ3) is 2.72. The number of rotatable bonds is 4. The van der Waals surface area contributed by atoms with E-state index in [4.69, 9.17) is 4.74 Å². The SMILES string of the molecule is COc1ncnc2ncn(CC(=O)c3ccccc3)c12.O. The van der Waals surface area contributed by atoms with Crippen molar-refractivity contribution < 1.29 is 15.0 Å². The van der Waals surface area contributed by atoms with Gasteiger partial charge < -0.3 is 14.8 Å². The summed E-state index contributed by atoms with van der Waals surface area (Å²) in [7, 11) is 1.53. The number of fused-ring (bicyclic) bond motifs is 1. The number of ketones is 1. The Kier molecular flexibility index (Phi) is 4.24. The lowest BCUT2D eigenvalue weighted by molar-refractivity contribution is 0.0973. The Morgan fingerprint density at radius 3 is 2.67 bits per heavy atom. The van der Waals surface area contributed by atoms with Crippen LogP contribution in [0.3, 0.4) is 0 Å². The van der Waals surface area contributed by atoms with Gasteiger partial charge in [-0.1, -0.05) is 30.3 Å². The van der Waals surface area contributed by atoms with E-state index < -0.39 is 0 Å². The van der Waals surface area contributed by atoms with Crippen molar-refractivity contribution in [3.8, 4) is 5.88 Å². The van der Waals surface area contributed by atoms with Crippen LogP contribution < -0.4 is 4.74 Å². The number of hydrogen-bond acceptors (Lipinski definition) is 5. The summed E-state index contributed by atoms with van der Waals surface area (Å²) in [4.78, 5) is 24.5. The first-order chi connectivity index (χ1) is 9.79. The average Bonchev–Trinajstić information content (AvgIpc) is 2.91. The van der Waals surface area contributed by atoms with E-state index in [1.165, 1.54) is 13.4 Å². The van der Waals surface area contributed by atoms with Crippen LogP contribution in [0.1, 0.15) is 10.4 Å². The van der Waals surface area contributed by atoms with E-state index in [-0.39, 0.29) is 17.8 Å². The van der Waals surface area contributed by atoms with Gasteiger partial charge in [0.15, 0.2) is 16.9 Å². The second-order valence-corrected chi connectivity index (χ2v) is 4.22. The summed E-state index contributed by atoms with van der Waals surface area (Å²) in [5, 5.41) is 0. The van der Waals surface area contributed by atoms with E-state index in [9.17, 15) is 4.79 Å². The van der Waals surface area contributed by atoms with Gasteiger partial charge in [0, 0.05) is 5.56 Å². The second-order valence-electron chi connectivity index (χ2n) is 4.22. The summed E-state index contributed by atoms with van der Waals surface area (Å²) >= 11 is 0. The Balaban J connectivity index is 0.00000161. The van der Waals surface area contributed by atoms with Crippen LogP contribution in [0.2, 0.25) is 0 Å². The molecule has 108 valence electrons. The molecule has 0 radical (unpaired) electrons. The molecule has 2 aromatic heterocycles. The molecule has 0 atom stereocenters. The molecule has 1 aromatic carbocycles. The molecule has 7 nitrogen and oxygen atoms in total. The van der Waals surface area contributed by atoms with Gasteiger partial charge in [-0.3, -0.25) is 4.79 Å². The number of methoxy groups -OCH3 is 1. The monoisotopic (exact) mass is 286 g/mol. The Morgan fingerprint density at radius 1 is 1.19 bits per heavy atom. The summed E-state index contributed by atoms with van der Waals surface area (Å²) in [6.07, 6.45) is 2.96. The highest BCUT2D eigenvalue weighted by molar-refractivity contribution is 5.96. The second kappa shape index (κ2) is 6.10. The fourth-order valence-corrected chi connectivity index (χ4v) is 2.02. The number of benzene rings is 1. The Labute approximate surface area is 120 Å². The molecule has 0 amide bonds. The van der Waals surface area contributed by atoms with Crippen LogP contribution in [0, 0.1) is 0 Å². The van der Waals surface area contributed by atoms with E-state index in [0.29, 0.717) is 22.6 Å². The van der Waals surface area contributed by atoms with E-state index in [2.05, 4.69) is 15.0 Å². The van der Waals surface area contributed by atoms with E-state index in [0.717, 1.165) is 0 Å². The highest BCUT2D eigenvalue weighted by Crippen LogP contribution is 2.20. The van der Waals surface area contributed by atoms with Gasteiger partial charge in [-0.15, -0.1) is 0 Å². The number of carbonyl (C=O) groups is 1. The van der Waals surface area contributed by atoms with Gasteiger partial charge in [-0.05, 0) is 0 Å². The summed E-state index contributed by atoms with van der Waals surface area (Å²) in [5.41, 5.74) is 1.79. The zero-order valence-corrected chi connectivity index (χ0v) is 11.4. The van der Waals surface area contributed by atoms with Crippen molar-refractivity contribution in [1.82, 2.24) is 19.5 Å². The first-order valence-electron chi connectivity index (χ1n) is 6.07. The third-order valence-electron chi connectivity index (χ3n) is 2.98. The van der Waals surface area contributed by atoms with E-state index >= 15 is 0 Å². The molecule has 2 heterocycles. The lowest BCUT2D eigenvalue weighted by Crippen LogP contribution is -2.10. The summed E-state index contributed by atoms with van der Waals surface area (Å²) in [6.45, 7) is 0.171. The van der Waals surface area contributed by atoms with Crippen LogP contribution >= 0.6 is 0 Å². The quantitative estimate of drug-likeness (QED) is 0.663. The topological polar surface area (TPSA) is 101 Å². The molecule has 3 aromatic rings. The van der Waals surface area contributed by atoms with Gasteiger partial charge in [0.2, 0.25) is 5.88 Å². The number of hydrogen-bond donors (Lipinski definition) is 0. The highest BCUT2D eigenvalue weighted by atomic mass is 16.5. The minimum Gasteiger partial charge on any atom is -0.479 e. The molecule has 0 fully saturated rings. The number of aromatic nitrogens is 4. The van der Waals surface area contributed by atoms with Crippen LogP contribution in [0.15, 0.2) is 43.0 Å². The minimum absolute atomic E-state index is 0. The number of carbonyl (C=O) groups excluding carboxylic acids is 1. The standard InChI is InChI=1S/C14H12N4O2.H2O/c1-20-14-12-13(15-8-16-14)17-9-18(12)7-11(19)10-5-3-2-4-6-10;/h2-6,8-9H,7H2,1H3;1H2. The lowest BCUT2D eigenvalue weighted by Gasteiger charge is -2.06. The zero-order valence-electron chi connectivity index (χ0n) is 11.4. The predicted molar refractivity (Wildman–Crippen MR) is 76.3 cm³/mol. The Morgan fingerprint density at radius 2 is 1.95 bits per heavy atom. The number of imidazole rings is 1. The summed E-state index contributed by atoms with van der Waals surface area (Å²) in [5.74, 6) is 0.407. The number of ether oxygens (including phenoxy) is 1. The van der Waals surface area contributed by atoms with E-state index in [1.807, 2.05) is 18.2 Å². The first kappa shape index (κ1) is 14.6. The number of nitrogens with zero attached hydrogens (tertiary/aromatic N) is 4. The van der Waals surface area contributed by atoms with Crippen molar-refractivity contribution >= 4 is 16.9 Å². The fraction of sp³-hybridized carbons (Fsp3) is 0.143. The molecule has 21 heavy (non-hydrogen) atoms. The molecule has 0 spiro atoms. The molecule has 2 N–H and O–H groups in total. The Bertz CT molecular complexity index is 755. The maximum atomic E-state index is 12.2. The highest BCUT2D eigenvalue weighted by Gasteiger charge is 2.14. The van der Waals surface area contributed by atoms with Crippen LogP contribution in [-0.2, 0) is 6.54 Å². The van der Waals surface area contributed by atoms with Crippen LogP contribution in [0.4, 0.5) is 0 Å². The van der Waals surface area contributed by atoms with Gasteiger partial charge in [-0.25, -0.2) is 9.97 Å². The average molecular weight is 286 g/mol. The van der Waals surface area contributed by atoms with Crippen molar-refractivity contribution in [2.75, 3.05) is 7.11 Å². The van der Waals surface area contributed by atoms with Crippen molar-refractivity contribution in [3.63, 3.8) is 0 Å². The first-order valence-corrected chi connectivity index (χ1v) is 6.07. The maximum absolute atomic E-state index is 12.2. The van der Waals surface area contributed by atoms with E-state index in [1.54, 1.807) is 23.0 Å². The predicted octanol–water partition coefficient (Wildman–Crippen LogP) is 0.893. The Hall–Kier alpha value is -2.80. The molecule has 0 aliphatic heterocycles. The van der Waals surface area contributed by atoms with Gasteiger partial charge >= 0.3 is 0 Å². The third-order valence-corrected chi connectivity index (χ3v) is 2.98. The van der Waals surface area contributed by atoms with Crippen molar-refractivity contribution in [2.24, 2.45) is 0 Å². The van der Waals surface area contributed by atoms with Gasteiger partial charge in [0.25, 0.3) is 0 Å². The summed E-state index contributed by atoms with van der Waals surface area (Å²) < 4.78 is 6.89. The van der Waals surface area contributed by atoms with Crippen LogP contribution in [-0.4, -0.2) is 37.9 Å². The minimum atomic E-state index is -0.00388. The molecule has 0 saturated carbocycles. The molecular weight excluding hydrogens is 272 g/mol. The molecule has 7 heteroatoms. The van der Waals surface area contributed by atoms with Gasteiger partial charge in [-0.2, -0.15) is 4.98 Å². The smallest absolute Gasteiger partial charge is 0.243 e. The molecular formula is C14H14N4O3. The largest absolute Gasteiger partial charge is 0.479 e.